The highest BCUT2D eigenvalue weighted by atomic mass is 32.2. The van der Waals surface area contributed by atoms with Crippen LogP contribution in [0.5, 0.6) is 5.75 Å². The van der Waals surface area contributed by atoms with Gasteiger partial charge in [-0.2, -0.15) is 4.72 Å². The Labute approximate surface area is 157 Å². The summed E-state index contributed by atoms with van der Waals surface area (Å²) in [6, 6.07) is 10.8. The van der Waals surface area contributed by atoms with E-state index in [-0.39, 0.29) is 4.90 Å². The molecule has 0 aromatic heterocycles. The zero-order valence-electron chi connectivity index (χ0n) is 14.9. The van der Waals surface area contributed by atoms with Gasteiger partial charge in [-0.05, 0) is 62.4 Å². The SMILES string of the molecule is CCOc1ccc(S(=O)(=O)N[C@H](C)C(=O)Nc2ccc(C(N)=O)cc2)cc1. The van der Waals surface area contributed by atoms with Gasteiger partial charge in [0.1, 0.15) is 5.75 Å². The van der Waals surface area contributed by atoms with Gasteiger partial charge in [0.25, 0.3) is 0 Å². The third-order valence-corrected chi connectivity index (χ3v) is 5.16. The molecule has 2 aromatic rings. The Morgan fingerprint density at radius 2 is 1.67 bits per heavy atom. The van der Waals surface area contributed by atoms with E-state index in [1.807, 2.05) is 6.92 Å². The Morgan fingerprint density at radius 1 is 1.07 bits per heavy atom. The smallest absolute Gasteiger partial charge is 0.248 e. The Morgan fingerprint density at radius 3 is 2.19 bits per heavy atom. The normalized spacial score (nSPS) is 12.2. The number of benzene rings is 2. The third kappa shape index (κ3) is 5.53. The molecule has 2 aromatic carbocycles. The van der Waals surface area contributed by atoms with Gasteiger partial charge < -0.3 is 15.8 Å². The summed E-state index contributed by atoms with van der Waals surface area (Å²) >= 11 is 0. The summed E-state index contributed by atoms with van der Waals surface area (Å²) in [6.07, 6.45) is 0. The maximum atomic E-state index is 12.4. The number of primary amides is 1. The number of carbonyl (C=O) groups excluding carboxylic acids is 2. The third-order valence-electron chi connectivity index (χ3n) is 3.61. The van der Waals surface area contributed by atoms with Gasteiger partial charge in [0.2, 0.25) is 21.8 Å². The lowest BCUT2D eigenvalue weighted by Gasteiger charge is -2.15. The van der Waals surface area contributed by atoms with E-state index in [1.165, 1.54) is 43.3 Å². The number of rotatable bonds is 8. The van der Waals surface area contributed by atoms with Crippen molar-refractivity contribution < 1.29 is 22.7 Å². The van der Waals surface area contributed by atoms with E-state index in [0.29, 0.717) is 23.6 Å². The molecule has 0 saturated carbocycles. The van der Waals surface area contributed by atoms with Gasteiger partial charge in [0, 0.05) is 11.3 Å². The predicted octanol–water partition coefficient (Wildman–Crippen LogP) is 1.49. The highest BCUT2D eigenvalue weighted by Crippen LogP contribution is 2.16. The first kappa shape index (κ1) is 20.4. The van der Waals surface area contributed by atoms with Crippen LogP contribution < -0.4 is 20.5 Å². The molecule has 4 N–H and O–H groups in total. The molecule has 2 rings (SSSR count). The van der Waals surface area contributed by atoms with Crippen molar-refractivity contribution in [1.29, 1.82) is 0 Å². The quantitative estimate of drug-likeness (QED) is 0.628. The molecule has 144 valence electrons. The van der Waals surface area contributed by atoms with Gasteiger partial charge in [0.15, 0.2) is 0 Å². The minimum Gasteiger partial charge on any atom is -0.494 e. The lowest BCUT2D eigenvalue weighted by atomic mass is 10.2. The van der Waals surface area contributed by atoms with Crippen LogP contribution in [0.4, 0.5) is 5.69 Å². The molecule has 0 heterocycles. The van der Waals surface area contributed by atoms with E-state index in [4.69, 9.17) is 10.5 Å². The zero-order valence-corrected chi connectivity index (χ0v) is 15.7. The maximum Gasteiger partial charge on any atom is 0.248 e. The number of hydrogen-bond acceptors (Lipinski definition) is 5. The minimum atomic E-state index is -3.87. The van der Waals surface area contributed by atoms with E-state index >= 15 is 0 Å². The molecule has 0 unspecified atom stereocenters. The number of anilines is 1. The topological polar surface area (TPSA) is 128 Å². The first-order valence-corrected chi connectivity index (χ1v) is 9.67. The lowest BCUT2D eigenvalue weighted by Crippen LogP contribution is -2.41. The number of ether oxygens (including phenoxy) is 1. The fourth-order valence-electron chi connectivity index (χ4n) is 2.20. The molecule has 0 aliphatic carbocycles. The van der Waals surface area contributed by atoms with Crippen molar-refractivity contribution in [3.05, 3.63) is 54.1 Å². The molecule has 0 aliphatic heterocycles. The van der Waals surface area contributed by atoms with E-state index in [0.717, 1.165) is 0 Å². The lowest BCUT2D eigenvalue weighted by molar-refractivity contribution is -0.117. The Hall–Kier alpha value is -2.91. The van der Waals surface area contributed by atoms with Gasteiger partial charge in [-0.15, -0.1) is 0 Å². The van der Waals surface area contributed by atoms with Crippen molar-refractivity contribution in [2.45, 2.75) is 24.8 Å². The second-order valence-corrected chi connectivity index (χ2v) is 7.39. The van der Waals surface area contributed by atoms with Crippen LogP contribution in [0.3, 0.4) is 0 Å². The number of hydrogen-bond donors (Lipinski definition) is 3. The first-order chi connectivity index (χ1) is 12.7. The summed E-state index contributed by atoms with van der Waals surface area (Å²) in [5.41, 5.74) is 5.87. The Balaban J connectivity index is 2.02. The van der Waals surface area contributed by atoms with E-state index in [1.54, 1.807) is 12.1 Å². The highest BCUT2D eigenvalue weighted by molar-refractivity contribution is 7.89. The van der Waals surface area contributed by atoms with Crippen molar-refractivity contribution in [3.8, 4) is 5.75 Å². The van der Waals surface area contributed by atoms with Crippen molar-refractivity contribution in [1.82, 2.24) is 4.72 Å². The van der Waals surface area contributed by atoms with Gasteiger partial charge in [-0.25, -0.2) is 8.42 Å². The molecule has 27 heavy (non-hydrogen) atoms. The van der Waals surface area contributed by atoms with Gasteiger partial charge in [-0.1, -0.05) is 0 Å². The molecular weight excluding hydrogens is 370 g/mol. The molecule has 0 fully saturated rings. The zero-order chi connectivity index (χ0) is 20.0. The van der Waals surface area contributed by atoms with Crippen LogP contribution in [0.1, 0.15) is 24.2 Å². The first-order valence-electron chi connectivity index (χ1n) is 8.19. The monoisotopic (exact) mass is 391 g/mol. The summed E-state index contributed by atoms with van der Waals surface area (Å²) in [5.74, 6) is -0.567. The molecular formula is C18H21N3O5S. The standard InChI is InChI=1S/C18H21N3O5S/c1-3-26-15-8-10-16(11-9-15)27(24,25)21-12(2)18(23)20-14-6-4-13(5-7-14)17(19)22/h4-12,21H,3H2,1-2H3,(H2,19,22)(H,20,23)/t12-/m1/s1. The van der Waals surface area contributed by atoms with Gasteiger partial charge in [-0.3, -0.25) is 9.59 Å². The van der Waals surface area contributed by atoms with Gasteiger partial charge in [0.05, 0.1) is 17.5 Å². The largest absolute Gasteiger partial charge is 0.494 e. The summed E-state index contributed by atoms with van der Waals surface area (Å²) in [6.45, 7) is 3.73. The molecule has 9 heteroatoms. The number of carbonyl (C=O) groups is 2. The molecule has 1 atom stereocenters. The molecule has 0 bridgehead atoms. The Bertz CT molecular complexity index is 909. The molecule has 0 aliphatic rings. The fourth-order valence-corrected chi connectivity index (χ4v) is 3.41. The number of amides is 2. The van der Waals surface area contributed by atoms with Crippen LogP contribution >= 0.6 is 0 Å². The molecule has 2 amide bonds. The molecule has 0 radical (unpaired) electrons. The van der Waals surface area contributed by atoms with Crippen LogP contribution in [0.25, 0.3) is 0 Å². The van der Waals surface area contributed by atoms with Crippen LogP contribution in [0.2, 0.25) is 0 Å². The molecule has 0 saturated heterocycles. The van der Waals surface area contributed by atoms with Crippen molar-refractivity contribution in [3.63, 3.8) is 0 Å². The number of nitrogens with two attached hydrogens (primary N) is 1. The van der Waals surface area contributed by atoms with Gasteiger partial charge >= 0.3 is 0 Å². The van der Waals surface area contributed by atoms with Crippen molar-refractivity contribution in [2.75, 3.05) is 11.9 Å². The number of nitrogens with one attached hydrogen (secondary N) is 2. The summed E-state index contributed by atoms with van der Waals surface area (Å²) in [7, 11) is -3.87. The molecule has 0 spiro atoms. The van der Waals surface area contributed by atoms with E-state index < -0.39 is 27.9 Å². The minimum absolute atomic E-state index is 0.0245. The Kier molecular flexibility index (Phi) is 6.54. The summed E-state index contributed by atoms with van der Waals surface area (Å²) in [4.78, 5) is 23.3. The van der Waals surface area contributed by atoms with E-state index in [2.05, 4.69) is 10.0 Å². The number of sulfonamides is 1. The fraction of sp³-hybridized carbons (Fsp3) is 0.222. The molecule has 8 nitrogen and oxygen atoms in total. The summed E-state index contributed by atoms with van der Waals surface area (Å²) < 4.78 is 32.4. The summed E-state index contributed by atoms with van der Waals surface area (Å²) in [5, 5.41) is 2.57. The van der Waals surface area contributed by atoms with Crippen LogP contribution in [0.15, 0.2) is 53.4 Å². The second-order valence-electron chi connectivity index (χ2n) is 5.68. The van der Waals surface area contributed by atoms with Crippen LogP contribution in [-0.4, -0.2) is 32.9 Å². The van der Waals surface area contributed by atoms with Crippen LogP contribution in [-0.2, 0) is 14.8 Å². The highest BCUT2D eigenvalue weighted by Gasteiger charge is 2.22. The second kappa shape index (κ2) is 8.65. The van der Waals surface area contributed by atoms with Crippen molar-refractivity contribution in [2.24, 2.45) is 5.73 Å². The average Bonchev–Trinajstić information content (AvgIpc) is 2.62. The van der Waals surface area contributed by atoms with E-state index in [9.17, 15) is 18.0 Å². The maximum absolute atomic E-state index is 12.4. The average molecular weight is 391 g/mol. The van der Waals surface area contributed by atoms with Crippen molar-refractivity contribution >= 4 is 27.5 Å². The predicted molar refractivity (Wildman–Crippen MR) is 101 cm³/mol. The van der Waals surface area contributed by atoms with Crippen LogP contribution in [0, 0.1) is 0 Å².